The number of nitrogens with one attached hydrogen (secondary N) is 4. The number of fused-ring (bicyclic) bond motifs is 8. The minimum atomic E-state index is -0.950. The van der Waals surface area contributed by atoms with Gasteiger partial charge in [0.25, 0.3) is 23.6 Å². The van der Waals surface area contributed by atoms with Crippen molar-refractivity contribution >= 4 is 114 Å². The Hall–Kier alpha value is -12.8. The Bertz CT molecular complexity index is 6070. The molecule has 8 aliphatic rings. The number of benzene rings is 12. The molecule has 23 heteroatoms. The quantitative estimate of drug-likeness (QED) is 0.0669. The van der Waals surface area contributed by atoms with Gasteiger partial charge < -0.3 is 33.8 Å². The molecule has 0 saturated heterocycles. The maximum atomic E-state index is 14.0. The summed E-state index contributed by atoms with van der Waals surface area (Å²) in [4.78, 5) is 58.8. The minimum absolute atomic E-state index is 0.000172. The first kappa shape index (κ1) is 80.6. The zero-order valence-corrected chi connectivity index (χ0v) is 71.3. The first-order valence-corrected chi connectivity index (χ1v) is 43.3. The van der Waals surface area contributed by atoms with E-state index in [0.29, 0.717) is 26.2 Å². The van der Waals surface area contributed by atoms with Crippen LogP contribution in [0.25, 0.3) is 0 Å². The molecule has 121 heavy (non-hydrogen) atoms. The Morgan fingerprint density at radius 1 is 0.306 bits per heavy atom. The number of aryl methyl sites for hydroxylation is 5. The molecule has 0 bridgehead atoms. The number of para-hydroxylation sites is 1. The molecule has 0 fully saturated rings. The van der Waals surface area contributed by atoms with Crippen LogP contribution < -0.4 is 55.5 Å². The third-order valence-electron chi connectivity index (χ3n) is 22.3. The van der Waals surface area contributed by atoms with Gasteiger partial charge in [0.2, 0.25) is 19.5 Å². The predicted octanol–water partition coefficient (Wildman–Crippen LogP) is 18.5. The number of nitrogens with zero attached hydrogens (tertiary/aromatic N) is 8. The SMILES string of the molecule is CCCc1cc2c(cc1C)C1(NN=C(c3ccc(OC)cc3)S1)C(=O)N2Cc1ccccc1.COc1ccc(C2=NNC3(S2)C(=O)N(Cc2ccccc2)c2ccc(C)cc23)cc1.COc1ccc(C2=NNC3(S2)C(=O)N(Cc2ccccc2)c2ccccc23)cc1.Cc1ccc(C2=NNC3(S2)C(=O)N(Cc2ccccc2)c2ccc(C)cc23)cc1. The van der Waals surface area contributed by atoms with Crippen molar-refractivity contribution in [3.63, 3.8) is 0 Å². The van der Waals surface area contributed by atoms with Crippen LogP contribution in [-0.2, 0) is 71.3 Å². The van der Waals surface area contributed by atoms with Crippen LogP contribution >= 0.6 is 47.0 Å². The molecule has 0 radical (unpaired) electrons. The molecule has 19 nitrogen and oxygen atoms in total. The van der Waals surface area contributed by atoms with Crippen LogP contribution in [0.15, 0.2) is 312 Å². The molecule has 12 aromatic rings. The molecule has 8 heterocycles. The summed E-state index contributed by atoms with van der Waals surface area (Å²) in [5, 5.41) is 21.5. The van der Waals surface area contributed by atoms with Gasteiger partial charge in [0.15, 0.2) is 0 Å². The lowest BCUT2D eigenvalue weighted by Crippen LogP contribution is -2.44. The Balaban J connectivity index is 0.000000115. The lowest BCUT2D eigenvalue weighted by molar-refractivity contribution is -0.121. The molecular weight excluding hydrogens is 1590 g/mol. The van der Waals surface area contributed by atoms with E-state index in [0.717, 1.165) is 151 Å². The second-order valence-electron chi connectivity index (χ2n) is 30.4. The molecule has 0 saturated carbocycles. The smallest absolute Gasteiger partial charge is 0.270 e. The number of ether oxygens (including phenoxy) is 3. The Morgan fingerprint density at radius 2 is 0.587 bits per heavy atom. The summed E-state index contributed by atoms with van der Waals surface area (Å²) in [7, 11) is 4.94. The summed E-state index contributed by atoms with van der Waals surface area (Å²) in [6.45, 7) is 12.6. The predicted molar refractivity (Wildman–Crippen MR) is 490 cm³/mol. The molecule has 4 N–H and O–H groups in total. The number of thioether (sulfide) groups is 4. The van der Waals surface area contributed by atoms with Gasteiger partial charge in [-0.2, -0.15) is 20.4 Å². The zero-order valence-electron chi connectivity index (χ0n) is 68.0. The van der Waals surface area contributed by atoms with Crippen molar-refractivity contribution < 1.29 is 33.4 Å². The lowest BCUT2D eigenvalue weighted by Gasteiger charge is -2.23. The van der Waals surface area contributed by atoms with Crippen molar-refractivity contribution in [2.45, 2.75) is 93.1 Å². The summed E-state index contributed by atoms with van der Waals surface area (Å²) in [6, 6.07) is 96.5. The van der Waals surface area contributed by atoms with Crippen LogP contribution in [0.3, 0.4) is 0 Å². The summed E-state index contributed by atoms with van der Waals surface area (Å²) < 4.78 is 15.8. The third-order valence-corrected chi connectivity index (χ3v) is 27.6. The molecule has 8 aliphatic heterocycles. The summed E-state index contributed by atoms with van der Waals surface area (Å²) in [5.74, 6) is 2.42. The number of methoxy groups -OCH3 is 3. The number of hydrogen-bond acceptors (Lipinski definition) is 19. The van der Waals surface area contributed by atoms with Gasteiger partial charge in [0.1, 0.15) is 37.4 Å². The first-order chi connectivity index (χ1) is 58.9. The summed E-state index contributed by atoms with van der Waals surface area (Å²) in [6.07, 6.45) is 2.06. The van der Waals surface area contributed by atoms with Gasteiger partial charge in [-0.1, -0.05) is 265 Å². The molecule has 4 amide bonds. The maximum absolute atomic E-state index is 14.0. The van der Waals surface area contributed by atoms with Gasteiger partial charge in [-0.3, -0.25) is 40.9 Å². The molecule has 4 atom stereocenters. The minimum Gasteiger partial charge on any atom is -0.497 e. The fraction of sp³-hybridized carbons (Fsp3) is 0.184. The van der Waals surface area contributed by atoms with Crippen LogP contribution in [0.2, 0.25) is 0 Å². The highest BCUT2D eigenvalue weighted by molar-refractivity contribution is 8.17. The Kier molecular flexibility index (Phi) is 22.7. The van der Waals surface area contributed by atoms with Gasteiger partial charge >= 0.3 is 0 Å². The number of carbonyl (C=O) groups is 4. The Labute approximate surface area is 721 Å². The third kappa shape index (κ3) is 15.4. The topological polar surface area (TPSA) is 206 Å². The van der Waals surface area contributed by atoms with E-state index in [1.165, 1.54) is 63.7 Å². The van der Waals surface area contributed by atoms with Crippen LogP contribution in [0.5, 0.6) is 17.2 Å². The van der Waals surface area contributed by atoms with E-state index < -0.39 is 19.5 Å². The van der Waals surface area contributed by atoms with E-state index in [-0.39, 0.29) is 23.6 Å². The first-order valence-electron chi connectivity index (χ1n) is 40.0. The van der Waals surface area contributed by atoms with E-state index in [1.54, 1.807) is 21.3 Å². The van der Waals surface area contributed by atoms with Crippen LogP contribution in [0.4, 0.5) is 22.7 Å². The molecule has 606 valence electrons. The number of anilines is 4. The summed E-state index contributed by atoms with van der Waals surface area (Å²) in [5.41, 5.74) is 34.7. The van der Waals surface area contributed by atoms with Gasteiger partial charge in [-0.25, -0.2) is 0 Å². The van der Waals surface area contributed by atoms with Gasteiger partial charge in [0.05, 0.1) is 70.3 Å². The van der Waals surface area contributed by atoms with Crippen molar-refractivity contribution in [2.75, 3.05) is 40.9 Å². The molecular formula is C98H88N12O7S4. The monoisotopic (exact) mass is 1670 g/mol. The van der Waals surface area contributed by atoms with Crippen molar-refractivity contribution in [1.82, 2.24) is 21.7 Å². The van der Waals surface area contributed by atoms with E-state index in [4.69, 9.17) is 14.2 Å². The Morgan fingerprint density at radius 3 is 0.917 bits per heavy atom. The number of carbonyl (C=O) groups excluding carboxylic acids is 4. The average molecular weight is 1670 g/mol. The highest BCUT2D eigenvalue weighted by Crippen LogP contribution is 2.56. The van der Waals surface area contributed by atoms with Crippen molar-refractivity contribution in [3.8, 4) is 17.2 Å². The van der Waals surface area contributed by atoms with Crippen molar-refractivity contribution in [2.24, 2.45) is 20.4 Å². The average Bonchev–Trinajstić information content (AvgIpc) is 1.57. The van der Waals surface area contributed by atoms with Crippen molar-refractivity contribution in [1.29, 1.82) is 0 Å². The maximum Gasteiger partial charge on any atom is 0.270 e. The number of amides is 4. The van der Waals surface area contributed by atoms with Crippen LogP contribution in [-0.4, -0.2) is 65.1 Å². The van der Waals surface area contributed by atoms with Crippen LogP contribution in [0, 0.1) is 27.7 Å². The number of hydrogen-bond donors (Lipinski definition) is 4. The normalized spacial score (nSPS) is 19.6. The second-order valence-corrected chi connectivity index (χ2v) is 35.2. The van der Waals surface area contributed by atoms with E-state index in [2.05, 4.69) is 149 Å². The highest BCUT2D eigenvalue weighted by Gasteiger charge is 2.59. The molecule has 0 aliphatic carbocycles. The standard InChI is InChI=1S/C27H27N3O2S.C24H21N3O2S.C24H21N3OS.C23H19N3O2S/c1-4-8-21-16-24-23(15-18(21)2)27(26(31)30(24)17-19-9-6-5-7-10-19)29-28-25(33-27)20-11-13-22(32-3)14-12-20;1-16-8-13-21-20(14-16)24(23(28)27(21)15-17-6-4-3-5-7-17)26-25-22(30-24)18-9-11-19(29-2)12-10-18;1-16-8-11-19(12-9-16)22-25-26-24(29-22)20-14-17(2)10-13-21(20)27(23(24)28)15-18-6-4-3-5-7-18;1-28-18-13-11-17(12-14-18)21-24-25-23(29-21)19-9-5-6-10-20(19)26(22(23)27)15-16-7-3-2-4-8-16/h5-7,9-16,29H,4,8,17H2,1-3H3;3-14,26H,15H2,1-2H3;3-14,26H,15H2,1-2H3;2-14,25H,15H2,1H3. The molecule has 12 aromatic carbocycles. The zero-order chi connectivity index (χ0) is 83.6. The van der Waals surface area contributed by atoms with Gasteiger partial charge in [-0.05, 0) is 171 Å². The van der Waals surface area contributed by atoms with E-state index in [1.807, 2.05) is 239 Å². The van der Waals surface area contributed by atoms with E-state index in [9.17, 15) is 19.2 Å². The molecule has 4 spiro atoms. The highest BCUT2D eigenvalue weighted by atomic mass is 32.2. The van der Waals surface area contributed by atoms with Crippen molar-refractivity contribution in [3.05, 3.63) is 386 Å². The molecule has 0 aromatic heterocycles. The molecule has 20 rings (SSSR count). The fourth-order valence-electron chi connectivity index (χ4n) is 16.0. The summed E-state index contributed by atoms with van der Waals surface area (Å²) >= 11 is 5.92. The fourth-order valence-corrected chi connectivity index (χ4v) is 20.8. The van der Waals surface area contributed by atoms with E-state index >= 15 is 0 Å². The number of hydrazone groups is 4. The van der Waals surface area contributed by atoms with Gasteiger partial charge in [0, 0.05) is 44.5 Å². The number of rotatable bonds is 17. The van der Waals surface area contributed by atoms with Gasteiger partial charge in [-0.15, -0.1) is 0 Å². The van der Waals surface area contributed by atoms with Crippen LogP contribution in [0.1, 0.15) is 108 Å². The largest absolute Gasteiger partial charge is 0.497 e. The second kappa shape index (κ2) is 34.1. The lowest BCUT2D eigenvalue weighted by atomic mass is 9.98. The molecule has 4 unspecified atom stereocenters.